The number of nitrogens with one attached hydrogen (secondary N) is 1. The number of rotatable bonds is 6. The van der Waals surface area contributed by atoms with Crippen LogP contribution in [0.15, 0.2) is 35.4 Å². The molecule has 1 aromatic heterocycles. The lowest BCUT2D eigenvalue weighted by molar-refractivity contribution is 0.872. The van der Waals surface area contributed by atoms with Gasteiger partial charge in [0, 0.05) is 25.4 Å². The van der Waals surface area contributed by atoms with E-state index in [1.54, 1.807) is 6.21 Å². The summed E-state index contributed by atoms with van der Waals surface area (Å²) in [6.07, 6.45) is 3.77. The summed E-state index contributed by atoms with van der Waals surface area (Å²) in [7, 11) is 3.87. The maximum Gasteiger partial charge on any atom is 0.227 e. The molecule has 0 fully saturated rings. The summed E-state index contributed by atoms with van der Waals surface area (Å²) in [6, 6.07) is 9.98. The minimum atomic E-state index is 0.690. The van der Waals surface area contributed by atoms with Crippen molar-refractivity contribution in [1.29, 1.82) is 0 Å². The van der Waals surface area contributed by atoms with Gasteiger partial charge in [0.15, 0.2) is 5.82 Å². The zero-order valence-corrected chi connectivity index (χ0v) is 13.7. The lowest BCUT2D eigenvalue weighted by Gasteiger charge is -2.16. The molecule has 22 heavy (non-hydrogen) atoms. The maximum absolute atomic E-state index is 4.57. The molecule has 0 aliphatic carbocycles. The molecule has 0 radical (unpaired) electrons. The summed E-state index contributed by atoms with van der Waals surface area (Å²) in [5.74, 6) is 1.47. The van der Waals surface area contributed by atoms with E-state index in [-0.39, 0.29) is 0 Å². The third-order valence-electron chi connectivity index (χ3n) is 3.29. The molecular weight excluding hydrogens is 274 g/mol. The highest BCUT2D eigenvalue weighted by Gasteiger charge is 2.11. The molecule has 0 spiro atoms. The molecule has 0 atom stereocenters. The van der Waals surface area contributed by atoms with Gasteiger partial charge in [0.25, 0.3) is 0 Å². The van der Waals surface area contributed by atoms with Crippen LogP contribution in [0.25, 0.3) is 0 Å². The molecular formula is C17H23N5. The van der Waals surface area contributed by atoms with Gasteiger partial charge in [-0.15, -0.1) is 0 Å². The van der Waals surface area contributed by atoms with Crippen LogP contribution < -0.4 is 10.3 Å². The third kappa shape index (κ3) is 4.04. The highest BCUT2D eigenvalue weighted by Crippen LogP contribution is 2.21. The molecule has 1 heterocycles. The van der Waals surface area contributed by atoms with Crippen molar-refractivity contribution in [3.8, 4) is 0 Å². The SMILES string of the molecule is CCCc1c(C)nc(N(C)C)nc1NN=Cc1ccccc1. The second kappa shape index (κ2) is 7.54. The van der Waals surface area contributed by atoms with Crippen LogP contribution in [0.5, 0.6) is 0 Å². The summed E-state index contributed by atoms with van der Waals surface area (Å²) in [5.41, 5.74) is 6.24. The van der Waals surface area contributed by atoms with E-state index in [9.17, 15) is 0 Å². The molecule has 0 bridgehead atoms. The number of hydrogen-bond acceptors (Lipinski definition) is 5. The van der Waals surface area contributed by atoms with Gasteiger partial charge in [0.05, 0.1) is 6.21 Å². The molecule has 5 heteroatoms. The summed E-state index contributed by atoms with van der Waals surface area (Å²) >= 11 is 0. The van der Waals surface area contributed by atoms with Crippen LogP contribution >= 0.6 is 0 Å². The van der Waals surface area contributed by atoms with E-state index in [4.69, 9.17) is 0 Å². The Morgan fingerprint density at radius 2 is 1.91 bits per heavy atom. The first kappa shape index (κ1) is 15.9. The van der Waals surface area contributed by atoms with Crippen LogP contribution in [0.3, 0.4) is 0 Å². The van der Waals surface area contributed by atoms with Crippen LogP contribution in [0.4, 0.5) is 11.8 Å². The minimum absolute atomic E-state index is 0.690. The lowest BCUT2D eigenvalue weighted by Crippen LogP contribution is -2.15. The zero-order valence-electron chi connectivity index (χ0n) is 13.7. The number of nitrogens with zero attached hydrogens (tertiary/aromatic N) is 4. The summed E-state index contributed by atoms with van der Waals surface area (Å²) < 4.78 is 0. The van der Waals surface area contributed by atoms with Gasteiger partial charge in [0.2, 0.25) is 5.95 Å². The second-order valence-electron chi connectivity index (χ2n) is 5.36. The smallest absolute Gasteiger partial charge is 0.227 e. The van der Waals surface area contributed by atoms with Crippen LogP contribution in [-0.2, 0) is 6.42 Å². The van der Waals surface area contributed by atoms with E-state index in [0.29, 0.717) is 5.95 Å². The van der Waals surface area contributed by atoms with Crippen molar-refractivity contribution in [2.24, 2.45) is 5.10 Å². The molecule has 0 saturated carbocycles. The molecule has 116 valence electrons. The van der Waals surface area contributed by atoms with Crippen LogP contribution in [0.1, 0.15) is 30.2 Å². The Morgan fingerprint density at radius 1 is 1.18 bits per heavy atom. The average Bonchev–Trinajstić information content (AvgIpc) is 2.51. The van der Waals surface area contributed by atoms with Crippen molar-refractivity contribution in [3.05, 3.63) is 47.2 Å². The number of benzene rings is 1. The van der Waals surface area contributed by atoms with E-state index in [2.05, 4.69) is 27.4 Å². The van der Waals surface area contributed by atoms with E-state index in [1.165, 1.54) is 0 Å². The number of hydrogen-bond donors (Lipinski definition) is 1. The van der Waals surface area contributed by atoms with Gasteiger partial charge < -0.3 is 4.90 Å². The van der Waals surface area contributed by atoms with E-state index >= 15 is 0 Å². The Balaban J connectivity index is 2.25. The predicted molar refractivity (Wildman–Crippen MR) is 92.7 cm³/mol. The highest BCUT2D eigenvalue weighted by atomic mass is 15.3. The van der Waals surface area contributed by atoms with Gasteiger partial charge in [-0.3, -0.25) is 5.43 Å². The Labute approximate surface area is 132 Å². The topological polar surface area (TPSA) is 53.4 Å². The minimum Gasteiger partial charge on any atom is -0.347 e. The molecule has 0 saturated heterocycles. The van der Waals surface area contributed by atoms with Crippen molar-refractivity contribution in [2.45, 2.75) is 26.7 Å². The highest BCUT2D eigenvalue weighted by molar-refractivity contribution is 5.80. The molecule has 1 N–H and O–H groups in total. The van der Waals surface area contributed by atoms with E-state index in [0.717, 1.165) is 35.5 Å². The Kier molecular flexibility index (Phi) is 5.47. The van der Waals surface area contributed by atoms with Gasteiger partial charge in [-0.25, -0.2) is 4.98 Å². The fourth-order valence-corrected chi connectivity index (χ4v) is 2.13. The number of hydrazone groups is 1. The van der Waals surface area contributed by atoms with Crippen LogP contribution in [-0.4, -0.2) is 30.3 Å². The first-order valence-corrected chi connectivity index (χ1v) is 7.50. The Morgan fingerprint density at radius 3 is 2.55 bits per heavy atom. The first-order chi connectivity index (χ1) is 10.6. The molecule has 2 aromatic rings. The zero-order chi connectivity index (χ0) is 15.9. The summed E-state index contributed by atoms with van der Waals surface area (Å²) in [6.45, 7) is 4.17. The molecule has 0 aliphatic heterocycles. The largest absolute Gasteiger partial charge is 0.347 e. The van der Waals surface area contributed by atoms with E-state index < -0.39 is 0 Å². The van der Waals surface area contributed by atoms with Gasteiger partial charge in [0.1, 0.15) is 0 Å². The van der Waals surface area contributed by atoms with Gasteiger partial charge in [-0.2, -0.15) is 10.1 Å². The van der Waals surface area contributed by atoms with Gasteiger partial charge in [-0.05, 0) is 18.9 Å². The summed E-state index contributed by atoms with van der Waals surface area (Å²) in [4.78, 5) is 11.0. The van der Waals surface area contributed by atoms with Crippen LogP contribution in [0, 0.1) is 6.92 Å². The fourth-order valence-electron chi connectivity index (χ4n) is 2.13. The van der Waals surface area contributed by atoms with Gasteiger partial charge in [-0.1, -0.05) is 43.7 Å². The van der Waals surface area contributed by atoms with Crippen molar-refractivity contribution in [1.82, 2.24) is 9.97 Å². The Hall–Kier alpha value is -2.43. The lowest BCUT2D eigenvalue weighted by atomic mass is 10.1. The monoisotopic (exact) mass is 297 g/mol. The van der Waals surface area contributed by atoms with Crippen molar-refractivity contribution >= 4 is 18.0 Å². The molecule has 1 aromatic carbocycles. The molecule has 2 rings (SSSR count). The average molecular weight is 297 g/mol. The maximum atomic E-state index is 4.57. The van der Waals surface area contributed by atoms with E-state index in [1.807, 2.05) is 56.3 Å². The normalized spacial score (nSPS) is 10.9. The molecule has 0 amide bonds. The Bertz CT molecular complexity index is 635. The number of aromatic nitrogens is 2. The number of aryl methyl sites for hydroxylation is 1. The summed E-state index contributed by atoms with van der Waals surface area (Å²) in [5, 5.41) is 4.31. The molecule has 0 unspecified atom stereocenters. The second-order valence-corrected chi connectivity index (χ2v) is 5.36. The van der Waals surface area contributed by atoms with Crippen molar-refractivity contribution in [3.63, 3.8) is 0 Å². The fraction of sp³-hybridized carbons (Fsp3) is 0.353. The number of anilines is 2. The molecule has 5 nitrogen and oxygen atoms in total. The van der Waals surface area contributed by atoms with Crippen molar-refractivity contribution in [2.75, 3.05) is 24.4 Å². The third-order valence-corrected chi connectivity index (χ3v) is 3.29. The quantitative estimate of drug-likeness (QED) is 0.657. The van der Waals surface area contributed by atoms with Crippen LogP contribution in [0.2, 0.25) is 0 Å². The van der Waals surface area contributed by atoms with Gasteiger partial charge >= 0.3 is 0 Å². The standard InChI is InChI=1S/C17H23N5/c1-5-9-15-13(2)19-17(22(3)4)20-16(15)21-18-12-14-10-7-6-8-11-14/h6-8,10-12H,5,9H2,1-4H3,(H,19,20,21). The van der Waals surface area contributed by atoms with Crippen molar-refractivity contribution < 1.29 is 0 Å². The molecule has 0 aliphatic rings. The first-order valence-electron chi connectivity index (χ1n) is 7.50. The predicted octanol–water partition coefficient (Wildman–Crippen LogP) is 3.25.